The van der Waals surface area contributed by atoms with Crippen LogP contribution in [0.25, 0.3) is 11.2 Å². The Morgan fingerprint density at radius 3 is 2.16 bits per heavy atom. The molecule has 0 spiro atoms. The molecule has 2 saturated heterocycles. The molecule has 0 radical (unpaired) electrons. The van der Waals surface area contributed by atoms with E-state index in [1.165, 1.54) is 0 Å². The standard InChI is InChI=1S/C27H36FN5O19P2S/c1-10(34)43-6-16(45-11(2)35)20-21(46-12(3)36)22(47-13(4)37)23(48-14(5)38)27(50-20)51-53(40,41)52-54(42,55)44-7-15-17(28)19(39)26(49-15)33-9-32-18-24(29)30-8-31-25(18)33/h8-9,15-17,19-23,26-27,39H,6-7H2,1-5H3,(H,40,41)(H,42,55)(H2,29,30,31)/t15-,16?,17-,19-,20-,21-,22+,23+,26-,27+,54?/m1/s1. The zero-order valence-corrected chi connectivity index (χ0v) is 31.9. The number of esters is 5. The number of nitrogen functional groups attached to an aromatic ring is 1. The summed E-state index contributed by atoms with van der Waals surface area (Å²) in [6.45, 7) is -2.03. The summed E-state index contributed by atoms with van der Waals surface area (Å²) in [5, 5.41) is 10.6. The average molecular weight is 848 g/mol. The molecule has 2 fully saturated rings. The molecule has 4 heterocycles. The number of carbonyl (C=O) groups is 5. The molecule has 0 aliphatic carbocycles. The van der Waals surface area contributed by atoms with Crippen LogP contribution >= 0.6 is 14.5 Å². The van der Waals surface area contributed by atoms with E-state index in [0.717, 1.165) is 51.8 Å². The molecule has 2 aliphatic rings. The first kappa shape index (κ1) is 43.9. The molecular formula is C27H36FN5O19P2S. The molecule has 2 aliphatic heterocycles. The molecule has 0 amide bonds. The Labute approximate surface area is 314 Å². The summed E-state index contributed by atoms with van der Waals surface area (Å²) < 4.78 is 81.6. The number of hydrogen-bond acceptors (Lipinski definition) is 22. The minimum absolute atomic E-state index is 0.00710. The Morgan fingerprint density at radius 1 is 0.945 bits per heavy atom. The van der Waals surface area contributed by atoms with E-state index in [1.807, 2.05) is 0 Å². The van der Waals surface area contributed by atoms with Gasteiger partial charge in [-0.15, -0.1) is 0 Å². The normalized spacial score (nSPS) is 29.3. The maximum atomic E-state index is 15.2. The highest BCUT2D eigenvalue weighted by Crippen LogP contribution is 2.62. The molecule has 306 valence electrons. The number of alkyl halides is 1. The fourth-order valence-electron chi connectivity index (χ4n) is 5.40. The summed E-state index contributed by atoms with van der Waals surface area (Å²) in [5.41, 5.74) is 5.98. The Morgan fingerprint density at radius 2 is 1.56 bits per heavy atom. The molecular weight excluding hydrogens is 811 g/mol. The van der Waals surface area contributed by atoms with Gasteiger partial charge in [-0.3, -0.25) is 33.1 Å². The van der Waals surface area contributed by atoms with Crippen molar-refractivity contribution in [1.82, 2.24) is 19.5 Å². The third kappa shape index (κ3) is 11.4. The molecule has 2 aromatic rings. The van der Waals surface area contributed by atoms with Crippen molar-refractivity contribution in [2.24, 2.45) is 0 Å². The lowest BCUT2D eigenvalue weighted by Gasteiger charge is -2.45. The molecule has 5 N–H and O–H groups in total. The van der Waals surface area contributed by atoms with Crippen molar-refractivity contribution < 1.29 is 94.3 Å². The molecule has 2 aromatic heterocycles. The van der Waals surface area contributed by atoms with Crippen molar-refractivity contribution in [3.63, 3.8) is 0 Å². The second-order valence-electron chi connectivity index (χ2n) is 11.6. The van der Waals surface area contributed by atoms with E-state index >= 15 is 4.39 Å². The summed E-state index contributed by atoms with van der Waals surface area (Å²) in [4.78, 5) is 93.5. The maximum Gasteiger partial charge on any atom is 0.481 e. The van der Waals surface area contributed by atoms with Crippen molar-refractivity contribution in [2.75, 3.05) is 18.9 Å². The van der Waals surface area contributed by atoms with Crippen LogP contribution < -0.4 is 5.73 Å². The minimum Gasteiger partial charge on any atom is -0.462 e. The molecule has 12 atom stereocenters. The number of carbonyl (C=O) groups excluding carboxylic acids is 5. The van der Waals surface area contributed by atoms with Gasteiger partial charge in [-0.05, 0) is 11.8 Å². The topological polar surface area (TPSA) is 325 Å². The van der Waals surface area contributed by atoms with E-state index in [-0.39, 0.29) is 17.0 Å². The van der Waals surface area contributed by atoms with Gasteiger partial charge in [0.1, 0.15) is 36.8 Å². The molecule has 3 unspecified atom stereocenters. The van der Waals surface area contributed by atoms with Crippen LogP contribution in [0.3, 0.4) is 0 Å². The lowest BCUT2D eigenvalue weighted by Crippen LogP contribution is -2.65. The highest BCUT2D eigenvalue weighted by Gasteiger charge is 2.57. The van der Waals surface area contributed by atoms with Gasteiger partial charge in [0.05, 0.1) is 12.9 Å². The SMILES string of the molecule is CC(=O)OCC(OC(C)=O)[C@H]1O[C@@H](OP(=O)(O)OP(O)(=S)OC[C@H]2O[C@@H](n3cnc4c(N)ncnc43)[C@H](O)[C@@H]2F)[C@@H](OC(C)=O)[C@@H](OC(C)=O)[C@@H]1OC(C)=O. The number of halogens is 1. The van der Waals surface area contributed by atoms with Gasteiger partial charge in [-0.1, -0.05) is 0 Å². The monoisotopic (exact) mass is 847 g/mol. The predicted octanol–water partition coefficient (Wildman–Crippen LogP) is -0.613. The van der Waals surface area contributed by atoms with Gasteiger partial charge in [-0.2, -0.15) is 0 Å². The van der Waals surface area contributed by atoms with Crippen LogP contribution in [0, 0.1) is 0 Å². The molecule has 55 heavy (non-hydrogen) atoms. The van der Waals surface area contributed by atoms with Gasteiger partial charge < -0.3 is 58.3 Å². The van der Waals surface area contributed by atoms with Gasteiger partial charge in [0.15, 0.2) is 48.3 Å². The number of hydrogen-bond donors (Lipinski definition) is 4. The highest BCUT2D eigenvalue weighted by atomic mass is 32.5. The summed E-state index contributed by atoms with van der Waals surface area (Å²) in [7, 11) is -5.77. The first-order valence-electron chi connectivity index (χ1n) is 15.7. The Bertz CT molecular complexity index is 1870. The van der Waals surface area contributed by atoms with Crippen LogP contribution in [-0.2, 0) is 86.9 Å². The number of fused-ring (bicyclic) bond motifs is 1. The zero-order valence-electron chi connectivity index (χ0n) is 29.3. The number of phosphoric ester groups is 1. The van der Waals surface area contributed by atoms with E-state index < -0.39 is 119 Å². The van der Waals surface area contributed by atoms with Crippen molar-refractivity contribution in [3.05, 3.63) is 12.7 Å². The van der Waals surface area contributed by atoms with Crippen LogP contribution in [0.5, 0.6) is 0 Å². The van der Waals surface area contributed by atoms with Crippen LogP contribution in [0.15, 0.2) is 12.7 Å². The number of nitrogens with zero attached hydrogens (tertiary/aromatic N) is 4. The molecule has 0 bridgehead atoms. The van der Waals surface area contributed by atoms with Gasteiger partial charge in [0, 0.05) is 34.6 Å². The zero-order chi connectivity index (χ0) is 41.0. The number of phosphoric acid groups is 1. The molecule has 4 rings (SSSR count). The first-order chi connectivity index (χ1) is 25.6. The number of anilines is 1. The fourth-order valence-corrected chi connectivity index (χ4v) is 8.49. The summed E-state index contributed by atoms with van der Waals surface area (Å²) >= 11 is 4.83. The van der Waals surface area contributed by atoms with E-state index in [9.17, 15) is 43.4 Å². The van der Waals surface area contributed by atoms with Crippen molar-refractivity contribution >= 4 is 73.2 Å². The van der Waals surface area contributed by atoms with Crippen molar-refractivity contribution in [3.8, 4) is 0 Å². The maximum absolute atomic E-state index is 15.2. The number of aliphatic hydroxyl groups is 1. The second kappa shape index (κ2) is 18.0. The summed E-state index contributed by atoms with van der Waals surface area (Å²) in [6, 6.07) is 0. The first-order valence-corrected chi connectivity index (χ1v) is 19.8. The Kier molecular flexibility index (Phi) is 14.4. The van der Waals surface area contributed by atoms with Gasteiger partial charge in [0.2, 0.25) is 6.29 Å². The largest absolute Gasteiger partial charge is 0.481 e. The van der Waals surface area contributed by atoms with Gasteiger partial charge in [0.25, 0.3) is 0 Å². The predicted molar refractivity (Wildman–Crippen MR) is 177 cm³/mol. The third-order valence-electron chi connectivity index (χ3n) is 7.37. The smallest absolute Gasteiger partial charge is 0.462 e. The van der Waals surface area contributed by atoms with Crippen molar-refractivity contribution in [2.45, 2.75) is 96.0 Å². The molecule has 28 heteroatoms. The van der Waals surface area contributed by atoms with Crippen LogP contribution in [0.4, 0.5) is 10.2 Å². The lowest BCUT2D eigenvalue weighted by atomic mass is 9.94. The second-order valence-corrected chi connectivity index (χ2v) is 16.0. The summed E-state index contributed by atoms with van der Waals surface area (Å²) in [5.74, 6) is -5.08. The molecule has 0 saturated carbocycles. The van der Waals surface area contributed by atoms with E-state index in [1.54, 1.807) is 0 Å². The highest BCUT2D eigenvalue weighted by molar-refractivity contribution is 8.08. The number of rotatable bonds is 15. The van der Waals surface area contributed by atoms with Crippen LogP contribution in [0.2, 0.25) is 0 Å². The third-order valence-corrected chi connectivity index (χ3v) is 10.9. The number of nitrogens with two attached hydrogens (primary N) is 1. The van der Waals surface area contributed by atoms with Crippen molar-refractivity contribution in [1.29, 1.82) is 0 Å². The van der Waals surface area contributed by atoms with Gasteiger partial charge in [-0.25, -0.2) is 28.2 Å². The number of ether oxygens (including phenoxy) is 7. The number of aromatic nitrogens is 4. The average Bonchev–Trinajstić information content (AvgIpc) is 3.60. The Hall–Kier alpha value is -3.81. The molecule has 0 aromatic carbocycles. The van der Waals surface area contributed by atoms with Gasteiger partial charge >= 0.3 is 44.4 Å². The number of imidazole rings is 1. The van der Waals surface area contributed by atoms with E-state index in [2.05, 4.69) is 15.0 Å². The summed E-state index contributed by atoms with van der Waals surface area (Å²) in [6.07, 6.45) is -16.7. The van der Waals surface area contributed by atoms with E-state index in [4.69, 9.17) is 64.1 Å². The molecule has 24 nitrogen and oxygen atoms in total. The number of aliphatic hydroxyl groups excluding tert-OH is 1. The van der Waals surface area contributed by atoms with Crippen LogP contribution in [0.1, 0.15) is 40.8 Å². The van der Waals surface area contributed by atoms with E-state index in [0.29, 0.717) is 0 Å². The lowest BCUT2D eigenvalue weighted by molar-refractivity contribution is -0.301. The Balaban J connectivity index is 1.57. The fraction of sp³-hybridized carbons (Fsp3) is 0.630. The quantitative estimate of drug-likeness (QED) is 0.0986. The van der Waals surface area contributed by atoms with Crippen LogP contribution in [-0.4, -0.2) is 133 Å². The minimum atomic E-state index is -5.77.